The van der Waals surface area contributed by atoms with Gasteiger partial charge in [-0.05, 0) is 36.3 Å². The molecule has 2 atom stereocenters. The number of benzene rings is 1. The molecule has 17 heavy (non-hydrogen) atoms. The van der Waals surface area contributed by atoms with Gasteiger partial charge in [0.2, 0.25) is 0 Å². The molecule has 0 aromatic heterocycles. The van der Waals surface area contributed by atoms with E-state index in [1.54, 1.807) is 7.11 Å². The average Bonchev–Trinajstić information content (AvgIpc) is 3.15. The van der Waals surface area contributed by atoms with Gasteiger partial charge in [0, 0.05) is 13.5 Å². The second-order valence-corrected chi connectivity index (χ2v) is 4.98. The highest BCUT2D eigenvalue weighted by Gasteiger charge is 2.35. The largest absolute Gasteiger partial charge is 0.390 e. The summed E-state index contributed by atoms with van der Waals surface area (Å²) >= 11 is 0. The van der Waals surface area contributed by atoms with Crippen molar-refractivity contribution in [1.29, 1.82) is 0 Å². The highest BCUT2D eigenvalue weighted by Crippen LogP contribution is 2.36. The van der Waals surface area contributed by atoms with Crippen molar-refractivity contribution in [3.8, 4) is 0 Å². The molecule has 0 radical (unpaired) electrons. The van der Waals surface area contributed by atoms with E-state index in [4.69, 9.17) is 4.74 Å². The summed E-state index contributed by atoms with van der Waals surface area (Å²) in [5.41, 5.74) is 2.53. The van der Waals surface area contributed by atoms with E-state index in [2.05, 4.69) is 31.2 Å². The van der Waals surface area contributed by atoms with E-state index >= 15 is 0 Å². The second kappa shape index (κ2) is 5.65. The molecule has 2 heteroatoms. The molecule has 0 saturated heterocycles. The van der Waals surface area contributed by atoms with E-state index in [9.17, 15) is 5.11 Å². The van der Waals surface area contributed by atoms with Crippen LogP contribution in [0.2, 0.25) is 0 Å². The molecule has 1 saturated carbocycles. The fourth-order valence-electron chi connectivity index (χ4n) is 2.36. The molecule has 1 fully saturated rings. The van der Waals surface area contributed by atoms with Crippen molar-refractivity contribution in [3.63, 3.8) is 0 Å². The Morgan fingerprint density at radius 3 is 2.29 bits per heavy atom. The molecular formula is C15H22O2. The van der Waals surface area contributed by atoms with Gasteiger partial charge in [-0.3, -0.25) is 0 Å². The molecule has 1 aliphatic rings. The molecule has 2 unspecified atom stereocenters. The van der Waals surface area contributed by atoms with Gasteiger partial charge in [0.25, 0.3) is 0 Å². The van der Waals surface area contributed by atoms with E-state index < -0.39 is 0 Å². The Kier molecular flexibility index (Phi) is 4.19. The highest BCUT2D eigenvalue weighted by atomic mass is 16.5. The van der Waals surface area contributed by atoms with Crippen LogP contribution in [0.1, 0.15) is 30.9 Å². The van der Waals surface area contributed by atoms with Crippen molar-refractivity contribution >= 4 is 0 Å². The Morgan fingerprint density at radius 1 is 1.24 bits per heavy atom. The SMILES string of the molecule is CCc1ccc(CC(O)C(OC)C2CC2)cc1. The van der Waals surface area contributed by atoms with Gasteiger partial charge in [-0.25, -0.2) is 0 Å². The number of hydrogen-bond acceptors (Lipinski definition) is 2. The molecular weight excluding hydrogens is 212 g/mol. The highest BCUT2D eigenvalue weighted by molar-refractivity contribution is 5.23. The van der Waals surface area contributed by atoms with Crippen molar-refractivity contribution in [2.75, 3.05) is 7.11 Å². The molecule has 1 aromatic carbocycles. The number of methoxy groups -OCH3 is 1. The van der Waals surface area contributed by atoms with Crippen molar-refractivity contribution in [2.24, 2.45) is 5.92 Å². The summed E-state index contributed by atoms with van der Waals surface area (Å²) < 4.78 is 5.40. The van der Waals surface area contributed by atoms with Gasteiger partial charge in [-0.2, -0.15) is 0 Å². The first-order valence-electron chi connectivity index (χ1n) is 6.53. The number of ether oxygens (including phenoxy) is 1. The molecule has 94 valence electrons. The molecule has 2 nitrogen and oxygen atoms in total. The summed E-state index contributed by atoms with van der Waals surface area (Å²) in [5.74, 6) is 0.574. The molecule has 0 spiro atoms. The number of aliphatic hydroxyl groups is 1. The van der Waals surface area contributed by atoms with Gasteiger partial charge in [0.05, 0.1) is 12.2 Å². The standard InChI is InChI=1S/C15H22O2/c1-3-11-4-6-12(7-5-11)10-14(16)15(17-2)13-8-9-13/h4-7,13-16H,3,8-10H2,1-2H3. The first kappa shape index (κ1) is 12.6. The number of rotatable bonds is 6. The van der Waals surface area contributed by atoms with Gasteiger partial charge >= 0.3 is 0 Å². The summed E-state index contributed by atoms with van der Waals surface area (Å²) in [5, 5.41) is 10.2. The maximum Gasteiger partial charge on any atom is 0.0861 e. The van der Waals surface area contributed by atoms with Crippen molar-refractivity contribution in [3.05, 3.63) is 35.4 Å². The molecule has 0 aliphatic heterocycles. The minimum absolute atomic E-state index is 0.0147. The average molecular weight is 234 g/mol. The molecule has 0 amide bonds. The molecule has 0 bridgehead atoms. The van der Waals surface area contributed by atoms with E-state index in [-0.39, 0.29) is 12.2 Å². The van der Waals surface area contributed by atoms with Crippen LogP contribution < -0.4 is 0 Å². The zero-order valence-electron chi connectivity index (χ0n) is 10.7. The zero-order chi connectivity index (χ0) is 12.3. The normalized spacial score (nSPS) is 19.0. The Hall–Kier alpha value is -0.860. The molecule has 0 heterocycles. The third kappa shape index (κ3) is 3.30. The lowest BCUT2D eigenvalue weighted by molar-refractivity contribution is -0.0237. The van der Waals surface area contributed by atoms with Crippen molar-refractivity contribution in [2.45, 2.75) is 44.8 Å². The Labute approximate surface area is 104 Å². The van der Waals surface area contributed by atoms with Crippen LogP contribution in [0.15, 0.2) is 24.3 Å². The van der Waals surface area contributed by atoms with E-state index in [1.165, 1.54) is 24.0 Å². The Bertz CT molecular complexity index is 340. The molecule has 2 rings (SSSR count). The summed E-state index contributed by atoms with van der Waals surface area (Å²) in [6.07, 6.45) is 3.79. The summed E-state index contributed by atoms with van der Waals surface area (Å²) in [7, 11) is 1.70. The lowest BCUT2D eigenvalue weighted by Crippen LogP contribution is -2.31. The Morgan fingerprint density at radius 2 is 1.82 bits per heavy atom. The predicted octanol–water partition coefficient (Wildman–Crippen LogP) is 2.58. The van der Waals surface area contributed by atoms with Gasteiger partial charge in [-0.1, -0.05) is 31.2 Å². The number of hydrogen-bond donors (Lipinski definition) is 1. The fraction of sp³-hybridized carbons (Fsp3) is 0.600. The molecule has 1 aromatic rings. The van der Waals surface area contributed by atoms with Crippen LogP contribution in [0.5, 0.6) is 0 Å². The minimum Gasteiger partial charge on any atom is -0.390 e. The van der Waals surface area contributed by atoms with Crippen LogP contribution in [0.4, 0.5) is 0 Å². The van der Waals surface area contributed by atoms with Gasteiger partial charge in [0.1, 0.15) is 0 Å². The van der Waals surface area contributed by atoms with Gasteiger partial charge < -0.3 is 9.84 Å². The first-order valence-corrected chi connectivity index (χ1v) is 6.53. The lowest BCUT2D eigenvalue weighted by atomic mass is 9.99. The molecule has 1 N–H and O–H groups in total. The zero-order valence-corrected chi connectivity index (χ0v) is 10.7. The minimum atomic E-state index is -0.375. The third-order valence-corrected chi connectivity index (χ3v) is 3.61. The van der Waals surface area contributed by atoms with Crippen LogP contribution in [0, 0.1) is 5.92 Å². The van der Waals surface area contributed by atoms with Gasteiger partial charge in [0.15, 0.2) is 0 Å². The summed E-state index contributed by atoms with van der Waals surface area (Å²) in [6.45, 7) is 2.15. The summed E-state index contributed by atoms with van der Waals surface area (Å²) in [6, 6.07) is 8.51. The van der Waals surface area contributed by atoms with Gasteiger partial charge in [-0.15, -0.1) is 0 Å². The summed E-state index contributed by atoms with van der Waals surface area (Å²) in [4.78, 5) is 0. The quantitative estimate of drug-likeness (QED) is 0.819. The van der Waals surface area contributed by atoms with E-state index in [1.807, 2.05) is 0 Å². The number of aryl methyl sites for hydroxylation is 1. The van der Waals surface area contributed by atoms with Crippen LogP contribution in [-0.4, -0.2) is 24.4 Å². The van der Waals surface area contributed by atoms with Crippen LogP contribution in [-0.2, 0) is 17.6 Å². The van der Waals surface area contributed by atoms with Crippen LogP contribution in [0.25, 0.3) is 0 Å². The monoisotopic (exact) mass is 234 g/mol. The maximum atomic E-state index is 10.2. The van der Waals surface area contributed by atoms with E-state index in [0.717, 1.165) is 6.42 Å². The predicted molar refractivity (Wildman–Crippen MR) is 69.1 cm³/mol. The van der Waals surface area contributed by atoms with Crippen LogP contribution >= 0.6 is 0 Å². The van der Waals surface area contributed by atoms with Crippen molar-refractivity contribution < 1.29 is 9.84 Å². The maximum absolute atomic E-state index is 10.2. The number of aliphatic hydroxyl groups excluding tert-OH is 1. The fourth-order valence-corrected chi connectivity index (χ4v) is 2.36. The second-order valence-electron chi connectivity index (χ2n) is 4.98. The lowest BCUT2D eigenvalue weighted by Gasteiger charge is -2.21. The first-order chi connectivity index (χ1) is 8.24. The topological polar surface area (TPSA) is 29.5 Å². The van der Waals surface area contributed by atoms with E-state index in [0.29, 0.717) is 12.3 Å². The van der Waals surface area contributed by atoms with Crippen molar-refractivity contribution in [1.82, 2.24) is 0 Å². The molecule has 1 aliphatic carbocycles. The van der Waals surface area contributed by atoms with Crippen LogP contribution in [0.3, 0.4) is 0 Å². The Balaban J connectivity index is 1.93. The third-order valence-electron chi connectivity index (χ3n) is 3.61. The smallest absolute Gasteiger partial charge is 0.0861 e.